The summed E-state index contributed by atoms with van der Waals surface area (Å²) in [6.45, 7) is 0.114. The maximum Gasteiger partial charge on any atom is 0.273 e. The van der Waals surface area contributed by atoms with Crippen molar-refractivity contribution in [2.45, 2.75) is 38.1 Å². The van der Waals surface area contributed by atoms with Crippen molar-refractivity contribution >= 4 is 23.2 Å². The minimum Gasteiger partial charge on any atom is -0.341 e. The topological polar surface area (TPSA) is 53.5 Å². The van der Waals surface area contributed by atoms with Crippen molar-refractivity contribution in [3.63, 3.8) is 0 Å². The van der Waals surface area contributed by atoms with Gasteiger partial charge in [-0.25, -0.2) is 4.98 Å². The van der Waals surface area contributed by atoms with Crippen molar-refractivity contribution in [3.05, 3.63) is 16.6 Å². The number of carbonyl (C=O) groups is 2. The predicted octanol–water partition coefficient (Wildman–Crippen LogP) is 2.01. The van der Waals surface area contributed by atoms with E-state index >= 15 is 0 Å². The van der Waals surface area contributed by atoms with Gasteiger partial charge in [-0.3, -0.25) is 9.59 Å². The Kier molecular flexibility index (Phi) is 5.11. The number of likely N-dealkylation sites (N-methyl/N-ethyl adjacent to an activating group) is 2. The Bertz CT molecular complexity index is 455. The standard InChI is InChI=1S/C14H21N3O2S/c1-16(14(19)12-9-20-10-15-12)8-13(18)17(2)11-6-4-3-5-7-11/h9-11H,3-8H2,1-2H3. The number of hydrogen-bond acceptors (Lipinski definition) is 4. The van der Waals surface area contributed by atoms with E-state index in [1.807, 2.05) is 11.9 Å². The number of nitrogens with zero attached hydrogens (tertiary/aromatic N) is 3. The highest BCUT2D eigenvalue weighted by Crippen LogP contribution is 2.21. The highest BCUT2D eigenvalue weighted by atomic mass is 32.1. The van der Waals surface area contributed by atoms with Gasteiger partial charge in [-0.1, -0.05) is 19.3 Å². The van der Waals surface area contributed by atoms with E-state index in [0.29, 0.717) is 11.7 Å². The molecule has 1 aliphatic rings. The number of thiazole rings is 1. The molecular weight excluding hydrogens is 274 g/mol. The molecule has 0 N–H and O–H groups in total. The molecule has 1 saturated carbocycles. The lowest BCUT2D eigenvalue weighted by molar-refractivity contribution is -0.133. The van der Waals surface area contributed by atoms with Crippen LogP contribution < -0.4 is 0 Å². The first kappa shape index (κ1) is 15.0. The summed E-state index contributed by atoms with van der Waals surface area (Å²) in [6, 6.07) is 0.332. The Morgan fingerprint density at radius 2 is 2.00 bits per heavy atom. The molecule has 110 valence electrons. The molecule has 2 amide bonds. The van der Waals surface area contributed by atoms with Gasteiger partial charge in [0, 0.05) is 25.5 Å². The molecule has 1 aromatic heterocycles. The van der Waals surface area contributed by atoms with Crippen LogP contribution in [-0.4, -0.2) is 53.3 Å². The van der Waals surface area contributed by atoms with Crippen LogP contribution in [0.25, 0.3) is 0 Å². The number of rotatable bonds is 4. The molecule has 0 bridgehead atoms. The van der Waals surface area contributed by atoms with Gasteiger partial charge in [-0.05, 0) is 12.8 Å². The molecule has 0 aromatic carbocycles. The quantitative estimate of drug-likeness (QED) is 0.854. The molecule has 2 rings (SSSR count). The van der Waals surface area contributed by atoms with Crippen LogP contribution in [0.5, 0.6) is 0 Å². The summed E-state index contributed by atoms with van der Waals surface area (Å²) in [5.41, 5.74) is 2.03. The lowest BCUT2D eigenvalue weighted by atomic mass is 9.94. The molecule has 6 heteroatoms. The lowest BCUT2D eigenvalue weighted by Gasteiger charge is -2.32. The fourth-order valence-electron chi connectivity index (χ4n) is 2.57. The number of aromatic nitrogens is 1. The summed E-state index contributed by atoms with van der Waals surface area (Å²) in [5, 5.41) is 1.70. The maximum atomic E-state index is 12.2. The number of carbonyl (C=O) groups excluding carboxylic acids is 2. The van der Waals surface area contributed by atoms with Crippen molar-refractivity contribution in [1.29, 1.82) is 0 Å². The van der Waals surface area contributed by atoms with E-state index in [2.05, 4.69) is 4.98 Å². The Morgan fingerprint density at radius 3 is 2.60 bits per heavy atom. The van der Waals surface area contributed by atoms with Crippen LogP contribution in [0.4, 0.5) is 0 Å². The van der Waals surface area contributed by atoms with Crippen molar-refractivity contribution in [3.8, 4) is 0 Å². The van der Waals surface area contributed by atoms with Crippen LogP contribution in [-0.2, 0) is 4.79 Å². The summed E-state index contributed by atoms with van der Waals surface area (Å²) in [7, 11) is 3.49. The summed E-state index contributed by atoms with van der Waals surface area (Å²) in [6.07, 6.45) is 5.80. The molecule has 0 unspecified atom stereocenters. The van der Waals surface area contributed by atoms with E-state index in [0.717, 1.165) is 12.8 Å². The minimum absolute atomic E-state index is 0.00276. The van der Waals surface area contributed by atoms with Gasteiger partial charge in [0.15, 0.2) is 0 Å². The van der Waals surface area contributed by atoms with Gasteiger partial charge in [0.25, 0.3) is 5.91 Å². The highest BCUT2D eigenvalue weighted by molar-refractivity contribution is 7.07. The molecule has 20 heavy (non-hydrogen) atoms. The fraction of sp³-hybridized carbons (Fsp3) is 0.643. The first-order valence-corrected chi connectivity index (χ1v) is 7.93. The molecule has 5 nitrogen and oxygen atoms in total. The van der Waals surface area contributed by atoms with Gasteiger partial charge in [0.1, 0.15) is 5.69 Å². The Hall–Kier alpha value is -1.43. The second-order valence-electron chi connectivity index (χ2n) is 5.33. The average Bonchev–Trinajstić information content (AvgIpc) is 3.00. The average molecular weight is 295 g/mol. The fourth-order valence-corrected chi connectivity index (χ4v) is 3.10. The van der Waals surface area contributed by atoms with Gasteiger partial charge < -0.3 is 9.80 Å². The van der Waals surface area contributed by atoms with E-state index in [9.17, 15) is 9.59 Å². The molecule has 0 saturated heterocycles. The first-order valence-electron chi connectivity index (χ1n) is 6.99. The SMILES string of the molecule is CN(CC(=O)N(C)C1CCCCC1)C(=O)c1cscn1. The molecule has 1 aliphatic carbocycles. The van der Waals surface area contributed by atoms with Crippen LogP contribution in [0.3, 0.4) is 0 Å². The maximum absolute atomic E-state index is 12.2. The van der Waals surface area contributed by atoms with E-state index < -0.39 is 0 Å². The van der Waals surface area contributed by atoms with Crippen molar-refractivity contribution in [2.75, 3.05) is 20.6 Å². The van der Waals surface area contributed by atoms with E-state index in [4.69, 9.17) is 0 Å². The molecular formula is C14H21N3O2S. The van der Waals surface area contributed by atoms with Gasteiger partial charge in [0.2, 0.25) is 5.91 Å². The highest BCUT2D eigenvalue weighted by Gasteiger charge is 2.24. The molecule has 1 aromatic rings. The van der Waals surface area contributed by atoms with Crippen LogP contribution in [0.2, 0.25) is 0 Å². The van der Waals surface area contributed by atoms with Crippen LogP contribution in [0, 0.1) is 0 Å². The van der Waals surface area contributed by atoms with Crippen LogP contribution >= 0.6 is 11.3 Å². The monoisotopic (exact) mass is 295 g/mol. The second-order valence-corrected chi connectivity index (χ2v) is 6.05. The van der Waals surface area contributed by atoms with Gasteiger partial charge in [-0.2, -0.15) is 0 Å². The smallest absolute Gasteiger partial charge is 0.273 e. The zero-order valence-electron chi connectivity index (χ0n) is 12.0. The summed E-state index contributed by atoms with van der Waals surface area (Å²) >= 11 is 1.38. The number of amides is 2. The Balaban J connectivity index is 1.88. The molecule has 1 fully saturated rings. The predicted molar refractivity (Wildman–Crippen MR) is 78.7 cm³/mol. The van der Waals surface area contributed by atoms with E-state index in [-0.39, 0.29) is 18.4 Å². The molecule has 0 spiro atoms. The third-order valence-electron chi connectivity index (χ3n) is 3.89. The molecule has 0 radical (unpaired) electrons. The molecule has 0 aliphatic heterocycles. The molecule has 0 atom stereocenters. The zero-order valence-corrected chi connectivity index (χ0v) is 12.9. The second kappa shape index (κ2) is 6.83. The molecule has 1 heterocycles. The third kappa shape index (κ3) is 3.56. The van der Waals surface area contributed by atoms with Crippen molar-refractivity contribution in [1.82, 2.24) is 14.8 Å². The van der Waals surface area contributed by atoms with Crippen LogP contribution in [0.1, 0.15) is 42.6 Å². The van der Waals surface area contributed by atoms with E-state index in [1.54, 1.807) is 17.9 Å². The third-order valence-corrected chi connectivity index (χ3v) is 4.47. The van der Waals surface area contributed by atoms with Gasteiger partial charge >= 0.3 is 0 Å². The normalized spacial score (nSPS) is 15.9. The Labute approximate surface area is 123 Å². The van der Waals surface area contributed by atoms with Crippen molar-refractivity contribution < 1.29 is 9.59 Å². The summed E-state index contributed by atoms with van der Waals surface area (Å²) in [5.74, 6) is -0.195. The van der Waals surface area contributed by atoms with Gasteiger partial charge in [-0.15, -0.1) is 11.3 Å². The number of hydrogen-bond donors (Lipinski definition) is 0. The van der Waals surface area contributed by atoms with Crippen LogP contribution in [0.15, 0.2) is 10.9 Å². The largest absolute Gasteiger partial charge is 0.341 e. The zero-order chi connectivity index (χ0) is 14.5. The summed E-state index contributed by atoms with van der Waals surface area (Å²) in [4.78, 5) is 31.5. The van der Waals surface area contributed by atoms with E-state index in [1.165, 1.54) is 35.5 Å². The minimum atomic E-state index is -0.198. The van der Waals surface area contributed by atoms with Crippen molar-refractivity contribution in [2.24, 2.45) is 0 Å². The lowest BCUT2D eigenvalue weighted by Crippen LogP contribution is -2.44. The first-order chi connectivity index (χ1) is 9.59. The van der Waals surface area contributed by atoms with Gasteiger partial charge in [0.05, 0.1) is 12.1 Å². The Morgan fingerprint density at radius 1 is 1.30 bits per heavy atom. The summed E-state index contributed by atoms with van der Waals surface area (Å²) < 4.78 is 0.